The number of carbonyl (C=O) groups is 1. The summed E-state index contributed by atoms with van der Waals surface area (Å²) < 4.78 is 0. The quantitative estimate of drug-likeness (QED) is 0.220. The van der Waals surface area contributed by atoms with Crippen molar-refractivity contribution >= 4 is 5.91 Å². The van der Waals surface area contributed by atoms with Gasteiger partial charge in [-0.05, 0) is 18.6 Å². The summed E-state index contributed by atoms with van der Waals surface area (Å²) in [6.45, 7) is 1.73. The average Bonchev–Trinajstić information content (AvgIpc) is 2.77. The number of hydrogen-bond donors (Lipinski definition) is 5. The third-order valence-corrected chi connectivity index (χ3v) is 5.82. The van der Waals surface area contributed by atoms with E-state index in [0.29, 0.717) is 6.42 Å². The Hall–Kier alpha value is -1.63. The van der Waals surface area contributed by atoms with E-state index in [1.165, 1.54) is 69.9 Å². The Kier molecular flexibility index (Phi) is 15.0. The first-order valence-electron chi connectivity index (χ1n) is 12.1. The van der Waals surface area contributed by atoms with E-state index in [-0.39, 0.29) is 11.3 Å². The fourth-order valence-electron chi connectivity index (χ4n) is 3.78. The van der Waals surface area contributed by atoms with Crippen LogP contribution < -0.4 is 5.32 Å². The molecular weight excluding hydrogens is 394 g/mol. The molecular formula is C25H43NO5. The number of aliphatic hydroxyl groups excluding tert-OH is 3. The van der Waals surface area contributed by atoms with Crippen LogP contribution in [0.15, 0.2) is 24.3 Å². The summed E-state index contributed by atoms with van der Waals surface area (Å²) in [5.41, 5.74) is 0.0589. The number of hydrogen-bond acceptors (Lipinski definition) is 5. The van der Waals surface area contributed by atoms with Crippen LogP contribution in [0.2, 0.25) is 0 Å². The number of rotatable bonds is 18. The van der Waals surface area contributed by atoms with E-state index in [0.717, 1.165) is 19.3 Å². The molecule has 0 spiro atoms. The zero-order valence-corrected chi connectivity index (χ0v) is 19.1. The minimum Gasteiger partial charge on any atom is -0.507 e. The predicted molar refractivity (Wildman–Crippen MR) is 124 cm³/mol. The fraction of sp³-hybridized carbons (Fsp3) is 0.720. The number of aromatic hydroxyl groups is 1. The summed E-state index contributed by atoms with van der Waals surface area (Å²) in [5, 5.41) is 42.4. The maximum atomic E-state index is 12.3. The second-order valence-electron chi connectivity index (χ2n) is 8.52. The molecule has 178 valence electrons. The van der Waals surface area contributed by atoms with Crippen molar-refractivity contribution in [2.75, 3.05) is 6.61 Å². The van der Waals surface area contributed by atoms with Crippen LogP contribution in [-0.4, -0.2) is 51.2 Å². The number of amides is 1. The summed E-state index contributed by atoms with van der Waals surface area (Å²) in [4.78, 5) is 12.3. The van der Waals surface area contributed by atoms with Crippen molar-refractivity contribution in [1.82, 2.24) is 5.32 Å². The first-order chi connectivity index (χ1) is 15.0. The molecule has 1 rings (SSSR count). The second kappa shape index (κ2) is 17.0. The Balaban J connectivity index is 2.17. The van der Waals surface area contributed by atoms with Gasteiger partial charge in [0.25, 0.3) is 5.91 Å². The number of phenolic OH excluding ortho intramolecular Hbond substituents is 1. The largest absolute Gasteiger partial charge is 0.507 e. The number of benzene rings is 1. The standard InChI is InChI=1S/C25H43NO5/c1-2-3-4-5-6-7-8-9-10-11-12-13-18-23(29)24(30)21(19-27)26-25(31)20-16-14-15-17-22(20)28/h14-17,21,23-24,27-30H,2-13,18-19H2,1H3,(H,26,31)/t21-,23+,24-/m0/s1. The molecule has 0 aliphatic rings. The number of aliphatic hydroxyl groups is 3. The zero-order chi connectivity index (χ0) is 22.9. The van der Waals surface area contributed by atoms with E-state index >= 15 is 0 Å². The molecule has 0 bridgehead atoms. The molecule has 0 fully saturated rings. The number of nitrogens with one attached hydrogen (secondary N) is 1. The van der Waals surface area contributed by atoms with E-state index < -0.39 is 30.8 Å². The van der Waals surface area contributed by atoms with Gasteiger partial charge in [-0.15, -0.1) is 0 Å². The molecule has 0 aliphatic heterocycles. The van der Waals surface area contributed by atoms with Crippen LogP contribution in [0.3, 0.4) is 0 Å². The number of unbranched alkanes of at least 4 members (excludes halogenated alkanes) is 11. The minimum atomic E-state index is -1.27. The molecule has 1 amide bonds. The van der Waals surface area contributed by atoms with Crippen LogP contribution in [0.1, 0.15) is 101 Å². The van der Waals surface area contributed by atoms with E-state index in [9.17, 15) is 25.2 Å². The van der Waals surface area contributed by atoms with Crippen LogP contribution in [0.5, 0.6) is 5.75 Å². The Morgan fingerprint density at radius 1 is 0.871 bits per heavy atom. The molecule has 0 radical (unpaired) electrons. The zero-order valence-electron chi connectivity index (χ0n) is 19.1. The van der Waals surface area contributed by atoms with Gasteiger partial charge >= 0.3 is 0 Å². The third kappa shape index (κ3) is 11.5. The Labute approximate surface area is 187 Å². The van der Waals surface area contributed by atoms with Crippen molar-refractivity contribution in [2.45, 2.75) is 109 Å². The normalized spacial score (nSPS) is 14.2. The van der Waals surface area contributed by atoms with Gasteiger partial charge in [-0.3, -0.25) is 4.79 Å². The topological polar surface area (TPSA) is 110 Å². The van der Waals surface area contributed by atoms with Crippen LogP contribution in [-0.2, 0) is 0 Å². The molecule has 31 heavy (non-hydrogen) atoms. The molecule has 6 heteroatoms. The van der Waals surface area contributed by atoms with Gasteiger partial charge < -0.3 is 25.7 Å². The highest BCUT2D eigenvalue weighted by Gasteiger charge is 2.27. The summed E-state index contributed by atoms with van der Waals surface area (Å²) in [7, 11) is 0. The van der Waals surface area contributed by atoms with Crippen molar-refractivity contribution < 1.29 is 25.2 Å². The SMILES string of the molecule is CCCCCCCCCCCCCC[C@@H](O)[C@@H](O)[C@H](CO)NC(=O)c1ccccc1O. The predicted octanol–water partition coefficient (Wildman–Crippen LogP) is 4.30. The number of phenols is 1. The maximum Gasteiger partial charge on any atom is 0.255 e. The number of para-hydroxylation sites is 1. The average molecular weight is 438 g/mol. The van der Waals surface area contributed by atoms with Gasteiger partial charge in [0, 0.05) is 0 Å². The van der Waals surface area contributed by atoms with Gasteiger partial charge in [0.15, 0.2) is 0 Å². The third-order valence-electron chi connectivity index (χ3n) is 5.82. The lowest BCUT2D eigenvalue weighted by Crippen LogP contribution is -2.50. The van der Waals surface area contributed by atoms with Gasteiger partial charge in [0.1, 0.15) is 11.9 Å². The van der Waals surface area contributed by atoms with Crippen LogP contribution >= 0.6 is 0 Å². The van der Waals surface area contributed by atoms with Crippen LogP contribution in [0.25, 0.3) is 0 Å². The summed E-state index contributed by atoms with van der Waals surface area (Å²) in [5.74, 6) is -0.781. The highest BCUT2D eigenvalue weighted by atomic mass is 16.3. The van der Waals surface area contributed by atoms with Crippen molar-refractivity contribution in [2.24, 2.45) is 0 Å². The van der Waals surface area contributed by atoms with Crippen molar-refractivity contribution in [1.29, 1.82) is 0 Å². The Bertz CT molecular complexity index is 595. The highest BCUT2D eigenvalue weighted by Crippen LogP contribution is 2.17. The maximum absolute atomic E-state index is 12.3. The molecule has 5 N–H and O–H groups in total. The molecule has 0 heterocycles. The molecule has 3 atom stereocenters. The molecule has 6 nitrogen and oxygen atoms in total. The lowest BCUT2D eigenvalue weighted by molar-refractivity contribution is -0.0197. The first-order valence-corrected chi connectivity index (χ1v) is 12.1. The smallest absolute Gasteiger partial charge is 0.255 e. The Morgan fingerprint density at radius 2 is 1.39 bits per heavy atom. The fourth-order valence-corrected chi connectivity index (χ4v) is 3.78. The molecule has 0 saturated heterocycles. The minimum absolute atomic E-state index is 0.0589. The van der Waals surface area contributed by atoms with Crippen molar-refractivity contribution in [3.05, 3.63) is 29.8 Å². The van der Waals surface area contributed by atoms with Gasteiger partial charge in [-0.25, -0.2) is 0 Å². The lowest BCUT2D eigenvalue weighted by atomic mass is 9.99. The summed E-state index contributed by atoms with van der Waals surface area (Å²) >= 11 is 0. The molecule has 0 aliphatic carbocycles. The van der Waals surface area contributed by atoms with Crippen LogP contribution in [0.4, 0.5) is 0 Å². The first kappa shape index (κ1) is 27.4. The van der Waals surface area contributed by atoms with Crippen molar-refractivity contribution in [3.63, 3.8) is 0 Å². The molecule has 0 saturated carbocycles. The van der Waals surface area contributed by atoms with Crippen molar-refractivity contribution in [3.8, 4) is 5.75 Å². The van der Waals surface area contributed by atoms with Crippen LogP contribution in [0, 0.1) is 0 Å². The summed E-state index contributed by atoms with van der Waals surface area (Å²) in [6.07, 6.45) is 12.8. The highest BCUT2D eigenvalue weighted by molar-refractivity contribution is 5.96. The molecule has 0 aromatic heterocycles. The van der Waals surface area contributed by atoms with E-state index in [4.69, 9.17) is 0 Å². The molecule has 1 aromatic rings. The van der Waals surface area contributed by atoms with E-state index in [2.05, 4.69) is 12.2 Å². The van der Waals surface area contributed by atoms with Gasteiger partial charge in [-0.1, -0.05) is 96.1 Å². The van der Waals surface area contributed by atoms with Gasteiger partial charge in [-0.2, -0.15) is 0 Å². The Morgan fingerprint density at radius 3 is 1.90 bits per heavy atom. The summed E-state index contributed by atoms with van der Waals surface area (Å²) in [6, 6.07) is 5.06. The monoisotopic (exact) mass is 437 g/mol. The lowest BCUT2D eigenvalue weighted by Gasteiger charge is -2.26. The van der Waals surface area contributed by atoms with Gasteiger partial charge in [0.05, 0.1) is 24.3 Å². The number of carbonyl (C=O) groups excluding carboxylic acids is 1. The van der Waals surface area contributed by atoms with E-state index in [1.54, 1.807) is 12.1 Å². The second-order valence-corrected chi connectivity index (χ2v) is 8.52. The van der Waals surface area contributed by atoms with E-state index in [1.807, 2.05) is 0 Å². The van der Waals surface area contributed by atoms with Gasteiger partial charge in [0.2, 0.25) is 0 Å². The molecule has 1 aromatic carbocycles. The molecule has 0 unspecified atom stereocenters.